The van der Waals surface area contributed by atoms with Crippen LogP contribution in [-0.4, -0.2) is 6.04 Å². The molecule has 0 radical (unpaired) electrons. The van der Waals surface area contributed by atoms with E-state index in [-0.39, 0.29) is 6.04 Å². The van der Waals surface area contributed by atoms with Gasteiger partial charge < -0.3 is 5.73 Å². The number of nitrogens with two attached hydrogens (primary N) is 1. The van der Waals surface area contributed by atoms with Crippen molar-refractivity contribution in [1.82, 2.24) is 0 Å². The van der Waals surface area contributed by atoms with Crippen LogP contribution >= 0.6 is 11.8 Å². The number of hydrogen-bond donors (Lipinski definition) is 1. The lowest BCUT2D eigenvalue weighted by molar-refractivity contribution is 0.721. The van der Waals surface area contributed by atoms with E-state index in [0.717, 1.165) is 0 Å². The SMILES string of the molecule is Cc1ccc(C(Sc2cccc(C)c2)C(C)N)cc1. The molecule has 0 aliphatic rings. The molecule has 0 aromatic heterocycles. The zero-order chi connectivity index (χ0) is 13.8. The third-order valence-corrected chi connectivity index (χ3v) is 4.62. The topological polar surface area (TPSA) is 26.0 Å². The molecule has 0 saturated heterocycles. The Labute approximate surface area is 120 Å². The van der Waals surface area contributed by atoms with Crippen molar-refractivity contribution in [2.75, 3.05) is 0 Å². The Kier molecular flexibility index (Phi) is 4.67. The third kappa shape index (κ3) is 3.85. The van der Waals surface area contributed by atoms with Gasteiger partial charge in [0.1, 0.15) is 0 Å². The normalized spacial score (nSPS) is 14.1. The van der Waals surface area contributed by atoms with Crippen LogP contribution in [0.4, 0.5) is 0 Å². The second kappa shape index (κ2) is 6.27. The van der Waals surface area contributed by atoms with Gasteiger partial charge >= 0.3 is 0 Å². The number of thioether (sulfide) groups is 1. The second-order valence-corrected chi connectivity index (χ2v) is 6.34. The van der Waals surface area contributed by atoms with Gasteiger partial charge in [-0.1, -0.05) is 47.5 Å². The highest BCUT2D eigenvalue weighted by Gasteiger charge is 2.17. The van der Waals surface area contributed by atoms with Crippen LogP contribution in [0, 0.1) is 13.8 Å². The number of rotatable bonds is 4. The van der Waals surface area contributed by atoms with Crippen LogP contribution in [0.15, 0.2) is 53.4 Å². The summed E-state index contributed by atoms with van der Waals surface area (Å²) in [6.45, 7) is 6.31. The average Bonchev–Trinajstić information content (AvgIpc) is 2.37. The molecule has 2 atom stereocenters. The maximum absolute atomic E-state index is 6.17. The maximum Gasteiger partial charge on any atom is 0.0492 e. The predicted octanol–water partition coefficient (Wildman–Crippen LogP) is 4.48. The third-order valence-electron chi connectivity index (χ3n) is 3.14. The zero-order valence-corrected chi connectivity index (χ0v) is 12.6. The van der Waals surface area contributed by atoms with Crippen LogP contribution in [0.2, 0.25) is 0 Å². The predicted molar refractivity (Wildman–Crippen MR) is 84.6 cm³/mol. The molecule has 2 rings (SSSR count). The fourth-order valence-electron chi connectivity index (χ4n) is 2.07. The van der Waals surface area contributed by atoms with E-state index in [4.69, 9.17) is 5.73 Å². The molecule has 2 unspecified atom stereocenters. The molecule has 2 aromatic carbocycles. The van der Waals surface area contributed by atoms with E-state index in [2.05, 4.69) is 69.3 Å². The van der Waals surface area contributed by atoms with Crippen molar-refractivity contribution in [1.29, 1.82) is 0 Å². The summed E-state index contributed by atoms with van der Waals surface area (Å²) >= 11 is 1.84. The summed E-state index contributed by atoms with van der Waals surface area (Å²) in [5, 5.41) is 0.294. The Morgan fingerprint density at radius 2 is 1.63 bits per heavy atom. The van der Waals surface area contributed by atoms with Crippen molar-refractivity contribution in [3.63, 3.8) is 0 Å². The Morgan fingerprint density at radius 3 is 2.21 bits per heavy atom. The van der Waals surface area contributed by atoms with Crippen LogP contribution in [-0.2, 0) is 0 Å². The molecular formula is C17H21NS. The van der Waals surface area contributed by atoms with Crippen LogP contribution in [0.1, 0.15) is 28.9 Å². The summed E-state index contributed by atoms with van der Waals surface area (Å²) in [7, 11) is 0. The second-order valence-electron chi connectivity index (χ2n) is 5.12. The van der Waals surface area contributed by atoms with Gasteiger partial charge in [-0.2, -0.15) is 0 Å². The lowest BCUT2D eigenvalue weighted by Crippen LogP contribution is -2.22. The first-order valence-corrected chi connectivity index (χ1v) is 7.49. The summed E-state index contributed by atoms with van der Waals surface area (Å²) in [6.07, 6.45) is 0. The Balaban J connectivity index is 2.23. The molecule has 0 spiro atoms. The molecule has 2 N–H and O–H groups in total. The van der Waals surface area contributed by atoms with Crippen LogP contribution in [0.25, 0.3) is 0 Å². The first kappa shape index (κ1) is 14.2. The van der Waals surface area contributed by atoms with Crippen LogP contribution < -0.4 is 5.73 Å². The van der Waals surface area contributed by atoms with Gasteiger partial charge in [-0.25, -0.2) is 0 Å². The van der Waals surface area contributed by atoms with E-state index in [1.807, 2.05) is 11.8 Å². The first-order valence-electron chi connectivity index (χ1n) is 6.62. The van der Waals surface area contributed by atoms with Crippen molar-refractivity contribution in [2.24, 2.45) is 5.73 Å². The van der Waals surface area contributed by atoms with Crippen molar-refractivity contribution in [3.05, 3.63) is 65.2 Å². The zero-order valence-electron chi connectivity index (χ0n) is 11.8. The van der Waals surface area contributed by atoms with Crippen molar-refractivity contribution >= 4 is 11.8 Å². The van der Waals surface area contributed by atoms with E-state index < -0.39 is 0 Å². The minimum atomic E-state index is 0.119. The minimum absolute atomic E-state index is 0.119. The lowest BCUT2D eigenvalue weighted by atomic mass is 10.1. The van der Waals surface area contributed by atoms with E-state index in [1.165, 1.54) is 21.6 Å². The highest BCUT2D eigenvalue weighted by Crippen LogP contribution is 2.37. The fourth-order valence-corrected chi connectivity index (χ4v) is 3.28. The smallest absolute Gasteiger partial charge is 0.0492 e. The van der Waals surface area contributed by atoms with Crippen molar-refractivity contribution < 1.29 is 0 Å². The van der Waals surface area contributed by atoms with Gasteiger partial charge in [0.2, 0.25) is 0 Å². The number of hydrogen-bond acceptors (Lipinski definition) is 2. The molecule has 0 aliphatic heterocycles. The average molecular weight is 271 g/mol. The number of benzene rings is 2. The largest absolute Gasteiger partial charge is 0.327 e. The van der Waals surface area contributed by atoms with E-state index in [9.17, 15) is 0 Å². The molecule has 0 saturated carbocycles. The summed E-state index contributed by atoms with van der Waals surface area (Å²) in [4.78, 5) is 1.28. The van der Waals surface area contributed by atoms with Gasteiger partial charge in [0.05, 0.1) is 0 Å². The van der Waals surface area contributed by atoms with Gasteiger partial charge in [0.15, 0.2) is 0 Å². The molecule has 0 aliphatic carbocycles. The molecule has 1 nitrogen and oxygen atoms in total. The molecule has 2 heteroatoms. The summed E-state index contributed by atoms with van der Waals surface area (Å²) < 4.78 is 0. The summed E-state index contributed by atoms with van der Waals surface area (Å²) in [5.74, 6) is 0. The molecular weight excluding hydrogens is 250 g/mol. The van der Waals surface area contributed by atoms with Crippen molar-refractivity contribution in [2.45, 2.75) is 37.0 Å². The van der Waals surface area contributed by atoms with E-state index in [1.54, 1.807) is 0 Å². The minimum Gasteiger partial charge on any atom is -0.327 e. The highest BCUT2D eigenvalue weighted by molar-refractivity contribution is 7.99. The molecule has 0 amide bonds. The van der Waals surface area contributed by atoms with Gasteiger partial charge in [-0.15, -0.1) is 11.8 Å². The standard InChI is InChI=1S/C17H21NS/c1-12-7-9-15(10-8-12)17(14(3)18)19-16-6-4-5-13(2)11-16/h4-11,14,17H,18H2,1-3H3. The van der Waals surface area contributed by atoms with Gasteiger partial charge in [0, 0.05) is 16.2 Å². The molecule has 0 bridgehead atoms. The molecule has 2 aromatic rings. The van der Waals surface area contributed by atoms with Crippen LogP contribution in [0.5, 0.6) is 0 Å². The molecule has 0 fully saturated rings. The maximum atomic E-state index is 6.17. The molecule has 100 valence electrons. The Hall–Kier alpha value is -1.25. The number of aryl methyl sites for hydroxylation is 2. The molecule has 0 heterocycles. The van der Waals surface area contributed by atoms with E-state index in [0.29, 0.717) is 5.25 Å². The monoisotopic (exact) mass is 271 g/mol. The quantitative estimate of drug-likeness (QED) is 0.829. The van der Waals surface area contributed by atoms with Crippen LogP contribution in [0.3, 0.4) is 0 Å². The fraction of sp³-hybridized carbons (Fsp3) is 0.294. The van der Waals surface area contributed by atoms with Gasteiger partial charge in [0.25, 0.3) is 0 Å². The summed E-state index contributed by atoms with van der Waals surface area (Å²) in [6, 6.07) is 17.4. The highest BCUT2D eigenvalue weighted by atomic mass is 32.2. The van der Waals surface area contributed by atoms with Gasteiger partial charge in [-0.05, 0) is 38.5 Å². The summed E-state index contributed by atoms with van der Waals surface area (Å²) in [5.41, 5.74) is 10.0. The Bertz CT molecular complexity index is 531. The van der Waals surface area contributed by atoms with E-state index >= 15 is 0 Å². The Morgan fingerprint density at radius 1 is 0.947 bits per heavy atom. The van der Waals surface area contributed by atoms with Gasteiger partial charge in [-0.3, -0.25) is 0 Å². The lowest BCUT2D eigenvalue weighted by Gasteiger charge is -2.21. The molecule has 19 heavy (non-hydrogen) atoms. The first-order chi connectivity index (χ1) is 9.06. The van der Waals surface area contributed by atoms with Crippen molar-refractivity contribution in [3.8, 4) is 0 Å².